The van der Waals surface area contributed by atoms with Crippen LogP contribution in [0.2, 0.25) is 5.02 Å². The smallest absolute Gasteiger partial charge is 0.312 e. The summed E-state index contributed by atoms with van der Waals surface area (Å²) in [5.41, 5.74) is 1.00. The molecule has 0 spiro atoms. The molecule has 140 valence electrons. The van der Waals surface area contributed by atoms with Crippen molar-refractivity contribution in [3.05, 3.63) is 57.6 Å². The molecule has 0 aromatic heterocycles. The molecule has 2 amide bonds. The topological polar surface area (TPSA) is 102 Å². The zero-order valence-electron chi connectivity index (χ0n) is 14.2. The molecule has 1 aliphatic heterocycles. The summed E-state index contributed by atoms with van der Waals surface area (Å²) in [6.07, 6.45) is 1.39. The summed E-state index contributed by atoms with van der Waals surface area (Å²) >= 11 is 5.74. The summed E-state index contributed by atoms with van der Waals surface area (Å²) in [5, 5.41) is 13.9. The van der Waals surface area contributed by atoms with E-state index in [9.17, 15) is 19.7 Å². The van der Waals surface area contributed by atoms with Gasteiger partial charge < -0.3 is 15.0 Å². The quantitative estimate of drug-likeness (QED) is 0.602. The fraction of sp³-hybridized carbons (Fsp3) is 0.222. The number of nitrogens with one attached hydrogen (secondary N) is 1. The number of nitro benzene ring substituents is 1. The van der Waals surface area contributed by atoms with Crippen molar-refractivity contribution in [2.24, 2.45) is 0 Å². The van der Waals surface area contributed by atoms with Gasteiger partial charge in [0, 0.05) is 35.4 Å². The van der Waals surface area contributed by atoms with Gasteiger partial charge in [-0.15, -0.1) is 0 Å². The standard InChI is InChI=1S/C18H16ClN3O5/c19-12-3-8-16(15(10-12)22(25)26)27-11-17(23)20-13-4-6-14(7-5-13)21-9-1-2-18(21)24/h3-8,10H,1-2,9,11H2,(H,20,23). The summed E-state index contributed by atoms with van der Waals surface area (Å²) in [6, 6.07) is 10.8. The molecule has 1 N–H and O–H groups in total. The Labute approximate surface area is 159 Å². The lowest BCUT2D eigenvalue weighted by Crippen LogP contribution is -2.23. The lowest BCUT2D eigenvalue weighted by atomic mass is 10.2. The van der Waals surface area contributed by atoms with Gasteiger partial charge in [-0.25, -0.2) is 0 Å². The summed E-state index contributed by atoms with van der Waals surface area (Å²) < 4.78 is 5.24. The Bertz CT molecular complexity index is 885. The second-order valence-electron chi connectivity index (χ2n) is 5.90. The molecular weight excluding hydrogens is 374 g/mol. The van der Waals surface area contributed by atoms with Gasteiger partial charge in [0.05, 0.1) is 4.92 Å². The maximum Gasteiger partial charge on any atom is 0.312 e. The van der Waals surface area contributed by atoms with Gasteiger partial charge in [-0.05, 0) is 42.8 Å². The third-order valence-corrected chi connectivity index (χ3v) is 4.25. The van der Waals surface area contributed by atoms with Crippen molar-refractivity contribution in [1.29, 1.82) is 0 Å². The van der Waals surface area contributed by atoms with Crippen LogP contribution < -0.4 is 15.0 Å². The van der Waals surface area contributed by atoms with Gasteiger partial charge in [0.15, 0.2) is 12.4 Å². The van der Waals surface area contributed by atoms with E-state index in [0.717, 1.165) is 18.2 Å². The lowest BCUT2D eigenvalue weighted by molar-refractivity contribution is -0.385. The molecule has 9 heteroatoms. The van der Waals surface area contributed by atoms with Crippen LogP contribution in [0, 0.1) is 10.1 Å². The Balaban J connectivity index is 1.58. The Morgan fingerprint density at radius 1 is 1.26 bits per heavy atom. The molecule has 1 fully saturated rings. The first kappa shape index (κ1) is 18.7. The van der Waals surface area contributed by atoms with E-state index in [0.29, 0.717) is 18.7 Å². The molecule has 8 nitrogen and oxygen atoms in total. The highest BCUT2D eigenvalue weighted by atomic mass is 35.5. The van der Waals surface area contributed by atoms with Crippen LogP contribution in [0.4, 0.5) is 17.1 Å². The van der Waals surface area contributed by atoms with Gasteiger partial charge in [-0.1, -0.05) is 11.6 Å². The van der Waals surface area contributed by atoms with E-state index in [4.69, 9.17) is 16.3 Å². The molecule has 0 aliphatic carbocycles. The Morgan fingerprint density at radius 2 is 2.00 bits per heavy atom. The normalized spacial score (nSPS) is 13.5. The molecule has 1 aliphatic rings. The largest absolute Gasteiger partial charge is 0.477 e. The van der Waals surface area contributed by atoms with Crippen LogP contribution in [0.15, 0.2) is 42.5 Å². The Morgan fingerprint density at radius 3 is 2.63 bits per heavy atom. The number of nitrogens with zero attached hydrogens (tertiary/aromatic N) is 2. The maximum atomic E-state index is 12.0. The lowest BCUT2D eigenvalue weighted by Gasteiger charge is -2.16. The number of hydrogen-bond donors (Lipinski definition) is 1. The molecule has 2 aromatic rings. The average Bonchev–Trinajstić information content (AvgIpc) is 3.07. The van der Waals surface area contributed by atoms with Gasteiger partial charge >= 0.3 is 5.69 Å². The number of benzene rings is 2. The number of anilines is 2. The van der Waals surface area contributed by atoms with Gasteiger partial charge in [0.1, 0.15) is 0 Å². The van der Waals surface area contributed by atoms with Crippen LogP contribution in [-0.2, 0) is 9.59 Å². The molecule has 0 unspecified atom stereocenters. The third kappa shape index (κ3) is 4.53. The molecule has 3 rings (SSSR count). The number of hydrogen-bond acceptors (Lipinski definition) is 5. The Hall–Kier alpha value is -3.13. The fourth-order valence-corrected chi connectivity index (χ4v) is 2.91. The first-order valence-electron chi connectivity index (χ1n) is 8.21. The van der Waals surface area contributed by atoms with Gasteiger partial charge in [0.2, 0.25) is 5.91 Å². The molecular formula is C18H16ClN3O5. The van der Waals surface area contributed by atoms with Crippen molar-refractivity contribution in [3.63, 3.8) is 0 Å². The minimum atomic E-state index is -0.627. The van der Waals surface area contributed by atoms with Gasteiger partial charge in [-0.2, -0.15) is 0 Å². The van der Waals surface area contributed by atoms with E-state index in [1.54, 1.807) is 29.2 Å². The van der Waals surface area contributed by atoms with E-state index in [-0.39, 0.29) is 22.4 Å². The first-order chi connectivity index (χ1) is 12.9. The summed E-state index contributed by atoms with van der Waals surface area (Å²) in [6.45, 7) is 0.299. The third-order valence-electron chi connectivity index (χ3n) is 4.01. The number of nitro groups is 1. The highest BCUT2D eigenvalue weighted by Gasteiger charge is 2.21. The average molecular weight is 390 g/mol. The molecule has 0 bridgehead atoms. The van der Waals surface area contributed by atoms with Crippen LogP contribution in [0.25, 0.3) is 0 Å². The molecule has 0 radical (unpaired) electrons. The molecule has 1 saturated heterocycles. The van der Waals surface area contributed by atoms with Crippen molar-refractivity contribution in [3.8, 4) is 5.75 Å². The van der Waals surface area contributed by atoms with Crippen molar-refractivity contribution >= 4 is 40.5 Å². The van der Waals surface area contributed by atoms with Crippen molar-refractivity contribution in [2.75, 3.05) is 23.4 Å². The van der Waals surface area contributed by atoms with Crippen LogP contribution >= 0.6 is 11.6 Å². The minimum Gasteiger partial charge on any atom is -0.477 e. The number of rotatable bonds is 6. The summed E-state index contributed by atoms with van der Waals surface area (Å²) in [5.74, 6) is -0.420. The van der Waals surface area contributed by atoms with Crippen LogP contribution in [0.5, 0.6) is 5.75 Å². The predicted molar refractivity (Wildman–Crippen MR) is 100 cm³/mol. The van der Waals surface area contributed by atoms with Crippen LogP contribution in [-0.4, -0.2) is 29.9 Å². The molecule has 0 saturated carbocycles. The second kappa shape index (κ2) is 8.05. The number of halogens is 1. The van der Waals surface area contributed by atoms with E-state index in [2.05, 4.69) is 5.32 Å². The van der Waals surface area contributed by atoms with Gasteiger partial charge in [-0.3, -0.25) is 19.7 Å². The van der Waals surface area contributed by atoms with E-state index in [1.165, 1.54) is 12.1 Å². The van der Waals surface area contributed by atoms with Gasteiger partial charge in [0.25, 0.3) is 5.91 Å². The van der Waals surface area contributed by atoms with E-state index >= 15 is 0 Å². The van der Waals surface area contributed by atoms with Crippen LogP contribution in [0.1, 0.15) is 12.8 Å². The van der Waals surface area contributed by atoms with E-state index in [1.807, 2.05) is 0 Å². The zero-order valence-corrected chi connectivity index (χ0v) is 14.9. The first-order valence-corrected chi connectivity index (χ1v) is 8.59. The number of carbonyl (C=O) groups is 2. The maximum absolute atomic E-state index is 12.0. The fourth-order valence-electron chi connectivity index (χ4n) is 2.74. The molecule has 1 heterocycles. The van der Waals surface area contributed by atoms with Crippen molar-refractivity contribution < 1.29 is 19.2 Å². The van der Waals surface area contributed by atoms with Crippen LogP contribution in [0.3, 0.4) is 0 Å². The molecule has 2 aromatic carbocycles. The number of carbonyl (C=O) groups excluding carboxylic acids is 2. The predicted octanol–water partition coefficient (Wildman–Crippen LogP) is 3.39. The monoisotopic (exact) mass is 389 g/mol. The number of ether oxygens (including phenoxy) is 1. The SMILES string of the molecule is O=C(COc1ccc(Cl)cc1[N+](=O)[O-])Nc1ccc(N2CCCC2=O)cc1. The summed E-state index contributed by atoms with van der Waals surface area (Å²) in [4.78, 5) is 35.9. The number of amides is 2. The second-order valence-corrected chi connectivity index (χ2v) is 6.34. The van der Waals surface area contributed by atoms with Crippen molar-refractivity contribution in [1.82, 2.24) is 0 Å². The minimum absolute atomic E-state index is 0.0394. The highest BCUT2D eigenvalue weighted by molar-refractivity contribution is 6.30. The Kier molecular flexibility index (Phi) is 5.56. The zero-order chi connectivity index (χ0) is 19.4. The highest BCUT2D eigenvalue weighted by Crippen LogP contribution is 2.30. The molecule has 27 heavy (non-hydrogen) atoms. The van der Waals surface area contributed by atoms with E-state index < -0.39 is 17.4 Å². The summed E-state index contributed by atoms with van der Waals surface area (Å²) in [7, 11) is 0. The van der Waals surface area contributed by atoms with Crippen molar-refractivity contribution in [2.45, 2.75) is 12.8 Å². The molecule has 0 atom stereocenters.